The molecule has 1 saturated carbocycles. The van der Waals surface area contributed by atoms with Gasteiger partial charge in [-0.2, -0.15) is 5.26 Å². The Labute approximate surface area is 154 Å². The van der Waals surface area contributed by atoms with Crippen LogP contribution < -0.4 is 0 Å². The van der Waals surface area contributed by atoms with Crippen molar-refractivity contribution in [2.75, 3.05) is 0 Å². The number of nitriles is 1. The highest BCUT2D eigenvalue weighted by molar-refractivity contribution is 5.22. The van der Waals surface area contributed by atoms with E-state index in [2.05, 4.69) is 29.9 Å². The number of aromatic nitrogens is 2. The molecular weight excluding hydrogens is 306 g/mol. The van der Waals surface area contributed by atoms with Crippen LogP contribution in [0.2, 0.25) is 0 Å². The smallest absolute Gasteiger partial charge is 0.148 e. The number of unbranched alkanes of at least 4 members (excludes halogenated alkanes) is 5. The van der Waals surface area contributed by atoms with Crippen molar-refractivity contribution >= 4 is 0 Å². The Bertz CT molecular complexity index is 521. The molecule has 138 valence electrons. The van der Waals surface area contributed by atoms with Gasteiger partial charge in [0.15, 0.2) is 0 Å². The highest BCUT2D eigenvalue weighted by Crippen LogP contribution is 2.41. The zero-order chi connectivity index (χ0) is 18.0. The first-order chi connectivity index (χ1) is 12.2. The Morgan fingerprint density at radius 1 is 1.00 bits per heavy atom. The van der Waals surface area contributed by atoms with Gasteiger partial charge in [0.05, 0.1) is 6.07 Å². The number of aryl methyl sites for hydroxylation is 1. The van der Waals surface area contributed by atoms with Crippen molar-refractivity contribution in [3.8, 4) is 6.07 Å². The normalized spacial score (nSPS) is 23.3. The molecule has 0 unspecified atom stereocenters. The Morgan fingerprint density at radius 2 is 1.64 bits per heavy atom. The Balaban J connectivity index is 1.89. The van der Waals surface area contributed by atoms with Crippen LogP contribution in [0.4, 0.5) is 0 Å². The van der Waals surface area contributed by atoms with Gasteiger partial charge in [0.25, 0.3) is 0 Å². The standard InChI is InChI=1S/C22H35N3/c1-3-5-7-9-11-20-16-24-21(25-17-20)22(18-23)14-12-19(13-15-22)10-8-6-4-2/h16-17,19H,3-15H2,1-2H3. The van der Waals surface area contributed by atoms with Crippen molar-refractivity contribution in [2.24, 2.45) is 5.92 Å². The largest absolute Gasteiger partial charge is 0.239 e. The first-order valence-corrected chi connectivity index (χ1v) is 10.5. The van der Waals surface area contributed by atoms with Crippen molar-refractivity contribution in [2.45, 2.75) is 103 Å². The molecule has 0 aliphatic heterocycles. The van der Waals surface area contributed by atoms with E-state index in [9.17, 15) is 5.26 Å². The van der Waals surface area contributed by atoms with Crippen LogP contribution in [0, 0.1) is 17.2 Å². The average Bonchev–Trinajstić information content (AvgIpc) is 2.67. The molecule has 0 N–H and O–H groups in total. The Kier molecular flexibility index (Phi) is 8.38. The monoisotopic (exact) mass is 341 g/mol. The van der Waals surface area contributed by atoms with Gasteiger partial charge in [-0.3, -0.25) is 0 Å². The Hall–Kier alpha value is -1.43. The molecule has 2 rings (SSSR count). The number of rotatable bonds is 10. The highest BCUT2D eigenvalue weighted by Gasteiger charge is 2.39. The quantitative estimate of drug-likeness (QED) is 0.481. The summed E-state index contributed by atoms with van der Waals surface area (Å²) in [5.41, 5.74) is 0.767. The van der Waals surface area contributed by atoms with E-state index in [1.165, 1.54) is 56.9 Å². The lowest BCUT2D eigenvalue weighted by Crippen LogP contribution is -2.32. The zero-order valence-electron chi connectivity index (χ0n) is 16.3. The molecule has 0 amide bonds. The summed E-state index contributed by atoms with van der Waals surface area (Å²) in [6, 6.07) is 2.58. The van der Waals surface area contributed by atoms with Gasteiger partial charge in [-0.15, -0.1) is 0 Å². The van der Waals surface area contributed by atoms with Crippen LogP contribution in [0.15, 0.2) is 12.4 Å². The van der Waals surface area contributed by atoms with E-state index in [1.807, 2.05) is 12.4 Å². The average molecular weight is 342 g/mol. The summed E-state index contributed by atoms with van der Waals surface area (Å²) in [5, 5.41) is 9.84. The summed E-state index contributed by atoms with van der Waals surface area (Å²) in [7, 11) is 0. The van der Waals surface area contributed by atoms with Crippen LogP contribution in [0.1, 0.15) is 102 Å². The van der Waals surface area contributed by atoms with Crippen LogP contribution in [0.25, 0.3) is 0 Å². The van der Waals surface area contributed by atoms with E-state index in [0.717, 1.165) is 43.8 Å². The second kappa shape index (κ2) is 10.5. The van der Waals surface area contributed by atoms with Crippen molar-refractivity contribution in [3.63, 3.8) is 0 Å². The molecule has 0 saturated heterocycles. The third-order valence-corrected chi connectivity index (χ3v) is 5.84. The first-order valence-electron chi connectivity index (χ1n) is 10.5. The zero-order valence-corrected chi connectivity index (χ0v) is 16.3. The topological polar surface area (TPSA) is 49.6 Å². The van der Waals surface area contributed by atoms with Gasteiger partial charge in [-0.25, -0.2) is 9.97 Å². The molecule has 0 radical (unpaired) electrons. The summed E-state index contributed by atoms with van der Waals surface area (Å²) in [4.78, 5) is 9.22. The van der Waals surface area contributed by atoms with Gasteiger partial charge in [0.1, 0.15) is 11.2 Å². The van der Waals surface area contributed by atoms with Crippen molar-refractivity contribution in [1.82, 2.24) is 9.97 Å². The maximum Gasteiger partial charge on any atom is 0.148 e. The molecule has 0 aromatic carbocycles. The molecule has 0 spiro atoms. The lowest BCUT2D eigenvalue weighted by atomic mass is 9.69. The van der Waals surface area contributed by atoms with E-state index in [4.69, 9.17) is 0 Å². The van der Waals surface area contributed by atoms with E-state index in [0.29, 0.717) is 0 Å². The minimum absolute atomic E-state index is 0.442. The summed E-state index contributed by atoms with van der Waals surface area (Å²) in [5.74, 6) is 1.56. The van der Waals surface area contributed by atoms with Gasteiger partial charge in [-0.1, -0.05) is 58.8 Å². The van der Waals surface area contributed by atoms with Gasteiger partial charge in [0, 0.05) is 12.4 Å². The van der Waals surface area contributed by atoms with Crippen LogP contribution in [-0.2, 0) is 11.8 Å². The van der Waals surface area contributed by atoms with Crippen LogP contribution >= 0.6 is 0 Å². The molecule has 3 heteroatoms. The lowest BCUT2D eigenvalue weighted by Gasteiger charge is -2.33. The third-order valence-electron chi connectivity index (χ3n) is 5.84. The summed E-state index contributed by atoms with van der Waals surface area (Å²) in [6.07, 6.45) is 19.5. The molecule has 1 aromatic rings. The first kappa shape index (κ1) is 19.9. The molecule has 0 atom stereocenters. The van der Waals surface area contributed by atoms with E-state index in [-0.39, 0.29) is 0 Å². The fourth-order valence-corrected chi connectivity index (χ4v) is 4.01. The number of hydrogen-bond acceptors (Lipinski definition) is 3. The van der Waals surface area contributed by atoms with E-state index in [1.54, 1.807) is 0 Å². The second-order valence-electron chi connectivity index (χ2n) is 7.86. The van der Waals surface area contributed by atoms with Crippen LogP contribution in [-0.4, -0.2) is 9.97 Å². The van der Waals surface area contributed by atoms with Crippen molar-refractivity contribution in [3.05, 3.63) is 23.8 Å². The molecule has 1 aliphatic rings. The predicted molar refractivity (Wildman–Crippen MR) is 103 cm³/mol. The van der Waals surface area contributed by atoms with Crippen molar-refractivity contribution in [1.29, 1.82) is 5.26 Å². The van der Waals surface area contributed by atoms with E-state index >= 15 is 0 Å². The number of nitrogens with zero attached hydrogens (tertiary/aromatic N) is 3. The fraction of sp³-hybridized carbons (Fsp3) is 0.773. The molecular formula is C22H35N3. The minimum atomic E-state index is -0.442. The third kappa shape index (κ3) is 5.80. The SMILES string of the molecule is CCCCCCc1cnc(C2(C#N)CCC(CCCCC)CC2)nc1. The summed E-state index contributed by atoms with van der Waals surface area (Å²) in [6.45, 7) is 4.49. The summed E-state index contributed by atoms with van der Waals surface area (Å²) >= 11 is 0. The Morgan fingerprint density at radius 3 is 2.24 bits per heavy atom. The van der Waals surface area contributed by atoms with Gasteiger partial charge >= 0.3 is 0 Å². The maximum absolute atomic E-state index is 9.84. The molecule has 1 aromatic heterocycles. The number of hydrogen-bond donors (Lipinski definition) is 0. The molecule has 1 aliphatic carbocycles. The van der Waals surface area contributed by atoms with Gasteiger partial charge in [-0.05, 0) is 50.0 Å². The van der Waals surface area contributed by atoms with Crippen LogP contribution in [0.5, 0.6) is 0 Å². The maximum atomic E-state index is 9.84. The second-order valence-corrected chi connectivity index (χ2v) is 7.86. The summed E-state index contributed by atoms with van der Waals surface area (Å²) < 4.78 is 0. The lowest BCUT2D eigenvalue weighted by molar-refractivity contribution is 0.254. The van der Waals surface area contributed by atoms with E-state index < -0.39 is 5.41 Å². The fourth-order valence-electron chi connectivity index (χ4n) is 4.01. The molecule has 3 nitrogen and oxygen atoms in total. The molecule has 1 heterocycles. The van der Waals surface area contributed by atoms with Gasteiger partial charge < -0.3 is 0 Å². The molecule has 25 heavy (non-hydrogen) atoms. The van der Waals surface area contributed by atoms with Crippen molar-refractivity contribution < 1.29 is 0 Å². The highest BCUT2D eigenvalue weighted by atomic mass is 14.9. The molecule has 0 bridgehead atoms. The molecule has 1 fully saturated rings. The van der Waals surface area contributed by atoms with Crippen LogP contribution in [0.3, 0.4) is 0 Å². The predicted octanol–water partition coefficient (Wildman–Crippen LogP) is 6.13. The minimum Gasteiger partial charge on any atom is -0.239 e. The van der Waals surface area contributed by atoms with Gasteiger partial charge in [0.2, 0.25) is 0 Å².